The van der Waals surface area contributed by atoms with Crippen molar-refractivity contribution in [3.63, 3.8) is 0 Å². The van der Waals surface area contributed by atoms with Gasteiger partial charge in [0.2, 0.25) is 5.92 Å². The van der Waals surface area contributed by atoms with Crippen molar-refractivity contribution in [3.05, 3.63) is 54.0 Å². The van der Waals surface area contributed by atoms with E-state index >= 15 is 0 Å². The Morgan fingerprint density at radius 2 is 2.03 bits per heavy atom. The van der Waals surface area contributed by atoms with Crippen LogP contribution in [0.3, 0.4) is 0 Å². The number of alkyl halides is 2. The molecule has 1 aliphatic carbocycles. The Labute approximate surface area is 183 Å². The maximum atomic E-state index is 13.9. The Hall–Kier alpha value is -2.88. The van der Waals surface area contributed by atoms with Gasteiger partial charge in [-0.15, -0.1) is 0 Å². The monoisotopic (exact) mass is 465 g/mol. The number of rotatable bonds is 5. The number of sulfone groups is 1. The van der Waals surface area contributed by atoms with Crippen LogP contribution in [0.4, 0.5) is 18.9 Å². The molecule has 0 saturated heterocycles. The second-order valence-electron chi connectivity index (χ2n) is 8.26. The second-order valence-corrected chi connectivity index (χ2v) is 10.3. The van der Waals surface area contributed by atoms with Crippen molar-refractivity contribution in [2.24, 2.45) is 5.92 Å². The maximum Gasteiger partial charge on any atom is 0.274 e. The first-order valence-corrected chi connectivity index (χ1v) is 12.1. The lowest BCUT2D eigenvalue weighted by molar-refractivity contribution is -0.0551. The number of hydrogen-bond donors (Lipinski definition) is 1. The Morgan fingerprint density at radius 3 is 2.75 bits per heavy atom. The van der Waals surface area contributed by atoms with E-state index in [-0.39, 0.29) is 47.1 Å². The van der Waals surface area contributed by atoms with Gasteiger partial charge in [-0.05, 0) is 49.1 Å². The predicted molar refractivity (Wildman–Crippen MR) is 114 cm³/mol. The average Bonchev–Trinajstić information content (AvgIpc) is 3.03. The molecule has 1 atom stereocenters. The van der Waals surface area contributed by atoms with E-state index < -0.39 is 27.5 Å². The van der Waals surface area contributed by atoms with Gasteiger partial charge in [0.25, 0.3) is 5.91 Å². The number of nitrogens with zero attached hydrogens (tertiary/aromatic N) is 2. The lowest BCUT2D eigenvalue weighted by atomic mass is 9.86. The largest absolute Gasteiger partial charge is 0.321 e. The molecule has 1 aromatic heterocycles. The van der Waals surface area contributed by atoms with Gasteiger partial charge in [0, 0.05) is 42.8 Å². The summed E-state index contributed by atoms with van der Waals surface area (Å²) in [6, 6.07) is 9.59. The van der Waals surface area contributed by atoms with Crippen molar-refractivity contribution in [3.8, 4) is 0 Å². The van der Waals surface area contributed by atoms with E-state index in [2.05, 4.69) is 10.4 Å². The van der Waals surface area contributed by atoms with Gasteiger partial charge in [-0.2, -0.15) is 5.10 Å². The third-order valence-electron chi connectivity index (χ3n) is 5.61. The first-order chi connectivity index (χ1) is 15.0. The molecule has 1 N–H and O–H groups in total. The molecule has 2 aromatic carbocycles. The molecule has 1 aliphatic rings. The zero-order chi connectivity index (χ0) is 23.1. The van der Waals surface area contributed by atoms with Crippen LogP contribution < -0.4 is 5.32 Å². The molecule has 4 rings (SSSR count). The van der Waals surface area contributed by atoms with Crippen molar-refractivity contribution in [1.29, 1.82) is 0 Å². The van der Waals surface area contributed by atoms with Crippen LogP contribution in [0.2, 0.25) is 0 Å². The first-order valence-electron chi connectivity index (χ1n) is 10.2. The van der Waals surface area contributed by atoms with Gasteiger partial charge in [-0.25, -0.2) is 21.6 Å². The lowest BCUT2D eigenvalue weighted by Gasteiger charge is -2.29. The minimum Gasteiger partial charge on any atom is -0.321 e. The van der Waals surface area contributed by atoms with E-state index in [0.29, 0.717) is 18.2 Å². The molecule has 0 radical (unpaired) electrons. The molecular weight excluding hydrogens is 443 g/mol. The van der Waals surface area contributed by atoms with E-state index in [1.54, 1.807) is 0 Å². The van der Waals surface area contributed by atoms with Gasteiger partial charge in [-0.1, -0.05) is 6.07 Å². The quantitative estimate of drug-likeness (QED) is 0.595. The van der Waals surface area contributed by atoms with Crippen molar-refractivity contribution >= 4 is 32.3 Å². The van der Waals surface area contributed by atoms with E-state index in [4.69, 9.17) is 0 Å². The molecule has 1 unspecified atom stereocenters. The van der Waals surface area contributed by atoms with Crippen molar-refractivity contribution in [1.82, 2.24) is 9.78 Å². The SMILES string of the molecule is CS(=O)(=O)c1cccc(NC(=O)c2c3ccc(F)cc3nn2CC2CCCC(F)(F)C2)c1. The molecule has 10 heteroatoms. The molecule has 170 valence electrons. The van der Waals surface area contributed by atoms with Gasteiger partial charge >= 0.3 is 0 Å². The summed E-state index contributed by atoms with van der Waals surface area (Å²) in [6.45, 7) is 0.0953. The fourth-order valence-electron chi connectivity index (χ4n) is 4.15. The maximum absolute atomic E-state index is 13.9. The predicted octanol–water partition coefficient (Wildman–Crippen LogP) is 4.66. The number of carbonyl (C=O) groups is 1. The molecule has 0 aliphatic heterocycles. The van der Waals surface area contributed by atoms with Gasteiger partial charge in [0.1, 0.15) is 11.5 Å². The van der Waals surface area contributed by atoms with Crippen LogP contribution in [0.5, 0.6) is 0 Å². The number of fused-ring (bicyclic) bond motifs is 1. The van der Waals surface area contributed by atoms with Gasteiger partial charge in [0.15, 0.2) is 9.84 Å². The molecule has 1 saturated carbocycles. The lowest BCUT2D eigenvalue weighted by Crippen LogP contribution is -2.30. The number of anilines is 1. The summed E-state index contributed by atoms with van der Waals surface area (Å²) in [7, 11) is -3.47. The summed E-state index contributed by atoms with van der Waals surface area (Å²) < 4.78 is 66.5. The van der Waals surface area contributed by atoms with Crippen LogP contribution in [0.25, 0.3) is 10.9 Å². The Bertz CT molecular complexity index is 1290. The molecule has 1 fully saturated rings. The number of halogens is 3. The molecule has 3 aromatic rings. The summed E-state index contributed by atoms with van der Waals surface area (Å²) in [4.78, 5) is 13.2. The fraction of sp³-hybridized carbons (Fsp3) is 0.364. The number of aromatic nitrogens is 2. The summed E-state index contributed by atoms with van der Waals surface area (Å²) in [5.41, 5.74) is 0.603. The van der Waals surface area contributed by atoms with Crippen LogP contribution in [-0.4, -0.2) is 36.3 Å². The molecule has 6 nitrogen and oxygen atoms in total. The fourth-order valence-corrected chi connectivity index (χ4v) is 4.82. The van der Waals surface area contributed by atoms with Crippen LogP contribution in [0.1, 0.15) is 36.2 Å². The highest BCUT2D eigenvalue weighted by molar-refractivity contribution is 7.90. The third-order valence-corrected chi connectivity index (χ3v) is 6.72. The zero-order valence-corrected chi connectivity index (χ0v) is 18.1. The van der Waals surface area contributed by atoms with E-state index in [1.165, 1.54) is 47.1 Å². The number of amides is 1. The Morgan fingerprint density at radius 1 is 1.25 bits per heavy atom. The van der Waals surface area contributed by atoms with Crippen LogP contribution in [0.15, 0.2) is 47.4 Å². The molecule has 32 heavy (non-hydrogen) atoms. The highest BCUT2D eigenvalue weighted by Crippen LogP contribution is 2.37. The van der Waals surface area contributed by atoms with Crippen LogP contribution in [-0.2, 0) is 16.4 Å². The number of nitrogens with one attached hydrogen (secondary N) is 1. The molecule has 1 amide bonds. The Balaban J connectivity index is 1.69. The van der Waals surface area contributed by atoms with Crippen LogP contribution in [0, 0.1) is 11.7 Å². The number of hydrogen-bond acceptors (Lipinski definition) is 4. The number of carbonyl (C=O) groups excluding carboxylic acids is 1. The van der Waals surface area contributed by atoms with Crippen molar-refractivity contribution in [2.75, 3.05) is 11.6 Å². The van der Waals surface area contributed by atoms with E-state index in [1.807, 2.05) is 0 Å². The second kappa shape index (κ2) is 8.23. The zero-order valence-electron chi connectivity index (χ0n) is 17.3. The molecule has 0 spiro atoms. The molecule has 0 bridgehead atoms. The molecule has 1 heterocycles. The summed E-state index contributed by atoms with van der Waals surface area (Å²) in [6.07, 6.45) is 1.57. The summed E-state index contributed by atoms with van der Waals surface area (Å²) >= 11 is 0. The molecular formula is C22H22F3N3O3S. The highest BCUT2D eigenvalue weighted by Gasteiger charge is 2.37. The topological polar surface area (TPSA) is 81.1 Å². The smallest absolute Gasteiger partial charge is 0.274 e. The van der Waals surface area contributed by atoms with Crippen LogP contribution >= 0.6 is 0 Å². The highest BCUT2D eigenvalue weighted by atomic mass is 32.2. The summed E-state index contributed by atoms with van der Waals surface area (Å²) in [5.74, 6) is -4.25. The summed E-state index contributed by atoms with van der Waals surface area (Å²) in [5, 5.41) is 7.34. The minimum absolute atomic E-state index is 0.0418. The van der Waals surface area contributed by atoms with Gasteiger partial charge in [-0.3, -0.25) is 9.48 Å². The Kier molecular flexibility index (Phi) is 5.74. The first kappa shape index (κ1) is 22.3. The minimum atomic E-state index is -3.47. The van der Waals surface area contributed by atoms with Gasteiger partial charge in [0.05, 0.1) is 10.4 Å². The number of benzene rings is 2. The average molecular weight is 465 g/mol. The standard InChI is InChI=1S/C22H22F3N3O3S/c1-32(30,31)17-6-2-5-16(11-17)26-21(29)20-18-8-7-15(23)10-19(18)27-28(20)13-14-4-3-9-22(24,25)12-14/h2,5-8,10-11,14H,3-4,9,12-13H2,1H3,(H,26,29). The van der Waals surface area contributed by atoms with Gasteiger partial charge < -0.3 is 5.32 Å². The van der Waals surface area contributed by atoms with Crippen molar-refractivity contribution < 1.29 is 26.4 Å². The third kappa shape index (κ3) is 4.79. The van der Waals surface area contributed by atoms with E-state index in [0.717, 1.165) is 6.26 Å². The van der Waals surface area contributed by atoms with E-state index in [9.17, 15) is 26.4 Å². The normalized spacial score (nSPS) is 18.6. The van der Waals surface area contributed by atoms with Crippen molar-refractivity contribution in [2.45, 2.75) is 43.0 Å².